The van der Waals surface area contributed by atoms with Crippen LogP contribution in [0.2, 0.25) is 5.02 Å². The molecule has 10 heteroatoms. The van der Waals surface area contributed by atoms with Gasteiger partial charge in [-0.3, -0.25) is 14.5 Å². The van der Waals surface area contributed by atoms with Crippen molar-refractivity contribution in [1.82, 2.24) is 10.2 Å². The van der Waals surface area contributed by atoms with E-state index in [0.29, 0.717) is 25.1 Å². The molecule has 1 aliphatic rings. The molecule has 1 atom stereocenters. The third-order valence-corrected chi connectivity index (χ3v) is 9.03. The summed E-state index contributed by atoms with van der Waals surface area (Å²) < 4.78 is 0.672. The Labute approximate surface area is 225 Å². The van der Waals surface area contributed by atoms with E-state index in [1.807, 2.05) is 48.5 Å². The van der Waals surface area contributed by atoms with Crippen molar-refractivity contribution in [3.8, 4) is 0 Å². The van der Waals surface area contributed by atoms with Crippen molar-refractivity contribution in [2.24, 2.45) is 0 Å². The number of thiophene rings is 1. The molecule has 0 radical (unpaired) electrons. The Morgan fingerprint density at radius 3 is 2.47 bits per heavy atom. The van der Waals surface area contributed by atoms with Crippen LogP contribution in [0.25, 0.3) is 0 Å². The largest absolute Gasteiger partial charge is 0.503 e. The molecule has 1 N–H and O–H groups in total. The maximum Gasteiger partial charge on any atom is 0.296 e. The van der Waals surface area contributed by atoms with Crippen LogP contribution in [-0.2, 0) is 17.0 Å². The number of rotatable bonds is 8. The molecule has 1 unspecified atom stereocenters. The number of aliphatic hydroxyl groups is 1. The van der Waals surface area contributed by atoms with E-state index in [1.54, 1.807) is 17.5 Å². The van der Waals surface area contributed by atoms with Crippen molar-refractivity contribution < 1.29 is 14.7 Å². The number of amides is 1. The van der Waals surface area contributed by atoms with Gasteiger partial charge in [-0.15, -0.1) is 21.5 Å². The Bertz CT molecular complexity index is 1430. The first-order chi connectivity index (χ1) is 17.5. The molecule has 0 spiro atoms. The highest BCUT2D eigenvalue weighted by Gasteiger charge is 2.46. The van der Waals surface area contributed by atoms with Crippen molar-refractivity contribution in [3.05, 3.63) is 104 Å². The topological polar surface area (TPSA) is 83.4 Å². The van der Waals surface area contributed by atoms with E-state index < -0.39 is 17.7 Å². The molecule has 1 aliphatic heterocycles. The third kappa shape index (κ3) is 4.84. The average molecular weight is 554 g/mol. The Kier molecular flexibility index (Phi) is 7.25. The molecule has 0 aliphatic carbocycles. The first kappa shape index (κ1) is 24.7. The van der Waals surface area contributed by atoms with Crippen LogP contribution in [0.3, 0.4) is 0 Å². The highest BCUT2D eigenvalue weighted by Crippen LogP contribution is 2.44. The standard InChI is InChI=1S/C26H20ClN3O3S3/c1-2-15-5-9-17(10-6-15)21-20(22(31)19-4-3-13-34-19)23(32)24(33)30(21)25-28-29-26(36-25)35-14-16-7-11-18(27)12-8-16/h3-13,21,32H,2,14H2,1H3. The number of hydrogen-bond donors (Lipinski definition) is 1. The molecule has 182 valence electrons. The van der Waals surface area contributed by atoms with Crippen LogP contribution < -0.4 is 4.90 Å². The van der Waals surface area contributed by atoms with Gasteiger partial charge in [0.25, 0.3) is 5.91 Å². The van der Waals surface area contributed by atoms with Crippen LogP contribution in [0.5, 0.6) is 0 Å². The highest BCUT2D eigenvalue weighted by atomic mass is 35.5. The normalized spacial score (nSPS) is 15.7. The predicted molar refractivity (Wildman–Crippen MR) is 145 cm³/mol. The molecule has 6 nitrogen and oxygen atoms in total. The number of benzene rings is 2. The molecular formula is C26H20ClN3O3S3. The lowest BCUT2D eigenvalue weighted by Gasteiger charge is -2.24. The smallest absolute Gasteiger partial charge is 0.296 e. The maximum atomic E-state index is 13.4. The van der Waals surface area contributed by atoms with E-state index in [-0.39, 0.29) is 11.4 Å². The third-order valence-electron chi connectivity index (χ3n) is 5.78. The number of Topliss-reactive ketones (excluding diaryl/α,β-unsaturated/α-hetero) is 1. The molecule has 0 saturated heterocycles. The number of aromatic nitrogens is 2. The second-order valence-corrected chi connectivity index (χ2v) is 11.6. The number of hydrogen-bond acceptors (Lipinski definition) is 8. The summed E-state index contributed by atoms with van der Waals surface area (Å²) >= 11 is 9.97. The van der Waals surface area contributed by atoms with Crippen LogP contribution >= 0.6 is 46.0 Å². The van der Waals surface area contributed by atoms with Crippen molar-refractivity contribution in [2.75, 3.05) is 4.90 Å². The Morgan fingerprint density at radius 1 is 1.08 bits per heavy atom. The lowest BCUT2D eigenvalue weighted by Crippen LogP contribution is -2.31. The Hall–Kier alpha value is -2.98. The zero-order chi connectivity index (χ0) is 25.2. The molecule has 2 aromatic carbocycles. The van der Waals surface area contributed by atoms with Crippen molar-refractivity contribution in [1.29, 1.82) is 0 Å². The van der Waals surface area contributed by atoms with Gasteiger partial charge in [0.15, 0.2) is 10.1 Å². The van der Waals surface area contributed by atoms with Gasteiger partial charge in [0.1, 0.15) is 0 Å². The first-order valence-corrected chi connectivity index (χ1v) is 14.2. The molecule has 0 bridgehead atoms. The number of nitrogens with zero attached hydrogens (tertiary/aromatic N) is 3. The summed E-state index contributed by atoms with van der Waals surface area (Å²) in [5.74, 6) is -0.925. The van der Waals surface area contributed by atoms with E-state index in [0.717, 1.165) is 23.1 Å². The maximum absolute atomic E-state index is 13.4. The quantitative estimate of drug-likeness (QED) is 0.145. The van der Waals surface area contributed by atoms with Gasteiger partial charge >= 0.3 is 0 Å². The molecular weight excluding hydrogens is 534 g/mol. The van der Waals surface area contributed by atoms with Gasteiger partial charge in [0.05, 0.1) is 16.5 Å². The van der Waals surface area contributed by atoms with E-state index in [9.17, 15) is 14.7 Å². The Balaban J connectivity index is 1.48. The van der Waals surface area contributed by atoms with E-state index in [1.165, 1.54) is 39.3 Å². The number of aryl methyl sites for hydroxylation is 1. The van der Waals surface area contributed by atoms with Crippen LogP contribution in [0.15, 0.2) is 81.7 Å². The molecule has 3 heterocycles. The van der Waals surface area contributed by atoms with Crippen LogP contribution in [0.1, 0.15) is 39.3 Å². The number of carbonyl (C=O) groups excluding carboxylic acids is 2. The second-order valence-electron chi connectivity index (χ2n) is 8.01. The zero-order valence-electron chi connectivity index (χ0n) is 19.1. The predicted octanol–water partition coefficient (Wildman–Crippen LogP) is 6.89. The average Bonchev–Trinajstić information content (AvgIpc) is 3.64. The number of aliphatic hydroxyl groups excluding tert-OH is 1. The van der Waals surface area contributed by atoms with Gasteiger partial charge in [-0.1, -0.05) is 84.1 Å². The van der Waals surface area contributed by atoms with Crippen molar-refractivity contribution in [3.63, 3.8) is 0 Å². The van der Waals surface area contributed by atoms with E-state index >= 15 is 0 Å². The lowest BCUT2D eigenvalue weighted by atomic mass is 9.94. The fourth-order valence-corrected chi connectivity index (χ4v) is 6.54. The van der Waals surface area contributed by atoms with Gasteiger partial charge in [0.2, 0.25) is 10.9 Å². The van der Waals surface area contributed by atoms with Crippen LogP contribution in [-0.4, -0.2) is 27.0 Å². The van der Waals surface area contributed by atoms with Gasteiger partial charge in [0, 0.05) is 10.8 Å². The molecule has 2 aromatic heterocycles. The van der Waals surface area contributed by atoms with E-state index in [4.69, 9.17) is 11.6 Å². The monoisotopic (exact) mass is 553 g/mol. The van der Waals surface area contributed by atoms with Gasteiger partial charge in [-0.25, -0.2) is 0 Å². The van der Waals surface area contributed by atoms with Crippen molar-refractivity contribution >= 4 is 62.9 Å². The fraction of sp³-hybridized carbons (Fsp3) is 0.154. The minimum Gasteiger partial charge on any atom is -0.503 e. The Morgan fingerprint density at radius 2 is 1.81 bits per heavy atom. The van der Waals surface area contributed by atoms with Crippen molar-refractivity contribution in [2.45, 2.75) is 29.5 Å². The zero-order valence-corrected chi connectivity index (χ0v) is 22.3. The summed E-state index contributed by atoms with van der Waals surface area (Å²) in [5.41, 5.74) is 2.98. The molecule has 1 amide bonds. The minimum atomic E-state index is -0.805. The van der Waals surface area contributed by atoms with Crippen LogP contribution in [0, 0.1) is 0 Å². The number of halogens is 1. The summed E-state index contributed by atoms with van der Waals surface area (Å²) in [5, 5.41) is 22.2. The van der Waals surface area contributed by atoms with Gasteiger partial charge in [-0.05, 0) is 46.7 Å². The highest BCUT2D eigenvalue weighted by molar-refractivity contribution is 8.00. The molecule has 4 aromatic rings. The molecule has 36 heavy (non-hydrogen) atoms. The molecule has 0 fully saturated rings. The number of thioether (sulfide) groups is 1. The number of anilines is 1. The number of carbonyl (C=O) groups is 2. The lowest BCUT2D eigenvalue weighted by molar-refractivity contribution is -0.117. The second kappa shape index (κ2) is 10.6. The minimum absolute atomic E-state index is 0.0530. The summed E-state index contributed by atoms with van der Waals surface area (Å²) in [7, 11) is 0. The fourth-order valence-electron chi connectivity index (χ4n) is 3.91. The molecule has 0 saturated carbocycles. The summed E-state index contributed by atoms with van der Waals surface area (Å²) in [4.78, 5) is 28.5. The molecule has 5 rings (SSSR count). The SMILES string of the molecule is CCc1ccc(C2C(C(=O)c3cccs3)=C(O)C(=O)N2c2nnc(SCc3ccc(Cl)cc3)s2)cc1. The first-order valence-electron chi connectivity index (χ1n) is 11.1. The summed E-state index contributed by atoms with van der Waals surface area (Å²) in [6.45, 7) is 2.06. The van der Waals surface area contributed by atoms with Crippen LogP contribution in [0.4, 0.5) is 5.13 Å². The van der Waals surface area contributed by atoms with Gasteiger partial charge < -0.3 is 5.11 Å². The van der Waals surface area contributed by atoms with E-state index in [2.05, 4.69) is 17.1 Å². The summed E-state index contributed by atoms with van der Waals surface area (Å²) in [6, 6.07) is 17.9. The van der Waals surface area contributed by atoms with Gasteiger partial charge in [-0.2, -0.15) is 0 Å². The number of ketones is 1. The summed E-state index contributed by atoms with van der Waals surface area (Å²) in [6.07, 6.45) is 0.861.